The van der Waals surface area contributed by atoms with Crippen LogP contribution in [-0.4, -0.2) is 27.1 Å². The number of rotatable bonds is 7. The van der Waals surface area contributed by atoms with Gasteiger partial charge in [0.1, 0.15) is 0 Å². The Labute approximate surface area is 180 Å². The summed E-state index contributed by atoms with van der Waals surface area (Å²) in [5.41, 5.74) is 4.12. The van der Waals surface area contributed by atoms with Crippen LogP contribution in [0, 0.1) is 19.8 Å². The lowest BCUT2D eigenvalue weighted by Gasteiger charge is -2.25. The zero-order chi connectivity index (χ0) is 21.7. The van der Waals surface area contributed by atoms with Gasteiger partial charge < -0.3 is 5.32 Å². The number of hydrogen-bond donors (Lipinski definition) is 1. The van der Waals surface area contributed by atoms with E-state index >= 15 is 0 Å². The molecule has 0 heterocycles. The molecule has 0 spiro atoms. The average Bonchev–Trinajstić information content (AvgIpc) is 2.73. The van der Waals surface area contributed by atoms with E-state index in [1.165, 1.54) is 42.7 Å². The molecule has 5 nitrogen and oxygen atoms in total. The van der Waals surface area contributed by atoms with E-state index in [1.807, 2.05) is 44.2 Å². The highest BCUT2D eigenvalue weighted by Gasteiger charge is 2.20. The van der Waals surface area contributed by atoms with Gasteiger partial charge in [0.25, 0.3) is 5.91 Å². The highest BCUT2D eigenvalue weighted by molar-refractivity contribution is 7.92. The molecule has 2 aromatic rings. The normalized spacial score (nSPS) is 15.0. The van der Waals surface area contributed by atoms with E-state index in [0.29, 0.717) is 17.2 Å². The highest BCUT2D eigenvalue weighted by Crippen LogP contribution is 2.27. The van der Waals surface area contributed by atoms with Gasteiger partial charge in [-0.2, -0.15) is 0 Å². The van der Waals surface area contributed by atoms with Crippen LogP contribution in [0.2, 0.25) is 0 Å². The SMILES string of the molecule is Cc1cccc(N(Cc2ccc(C(=O)NCC3CCCCC3)cc2)S(C)(=O)=O)c1C. The molecule has 0 saturated heterocycles. The Morgan fingerprint density at radius 3 is 2.33 bits per heavy atom. The highest BCUT2D eigenvalue weighted by atomic mass is 32.2. The molecule has 1 amide bonds. The Kier molecular flexibility index (Phi) is 7.19. The Morgan fingerprint density at radius 1 is 1.03 bits per heavy atom. The Hall–Kier alpha value is -2.34. The molecule has 162 valence electrons. The lowest BCUT2D eigenvalue weighted by Crippen LogP contribution is -2.31. The number of nitrogens with zero attached hydrogens (tertiary/aromatic N) is 1. The van der Waals surface area contributed by atoms with Gasteiger partial charge in [0.05, 0.1) is 18.5 Å². The molecule has 3 rings (SSSR count). The summed E-state index contributed by atoms with van der Waals surface area (Å²) >= 11 is 0. The van der Waals surface area contributed by atoms with E-state index in [4.69, 9.17) is 0 Å². The van der Waals surface area contributed by atoms with Crippen molar-refractivity contribution in [3.63, 3.8) is 0 Å². The fourth-order valence-corrected chi connectivity index (χ4v) is 4.98. The summed E-state index contributed by atoms with van der Waals surface area (Å²) in [5.74, 6) is 0.518. The molecule has 1 saturated carbocycles. The van der Waals surface area contributed by atoms with Crippen molar-refractivity contribution in [2.45, 2.75) is 52.5 Å². The zero-order valence-electron chi connectivity index (χ0n) is 18.1. The molecule has 0 aromatic heterocycles. The lowest BCUT2D eigenvalue weighted by atomic mass is 9.89. The molecule has 0 bridgehead atoms. The Bertz CT molecular complexity index is 978. The first-order chi connectivity index (χ1) is 14.3. The lowest BCUT2D eigenvalue weighted by molar-refractivity contribution is 0.0943. The second-order valence-electron chi connectivity index (χ2n) is 8.40. The number of sulfonamides is 1. The molecule has 1 aliphatic carbocycles. The van der Waals surface area contributed by atoms with Gasteiger partial charge in [0.2, 0.25) is 10.0 Å². The zero-order valence-corrected chi connectivity index (χ0v) is 19.0. The molecule has 1 fully saturated rings. The van der Waals surface area contributed by atoms with Crippen LogP contribution in [-0.2, 0) is 16.6 Å². The molecular weight excluding hydrogens is 396 g/mol. The Balaban J connectivity index is 1.69. The van der Waals surface area contributed by atoms with Crippen molar-refractivity contribution < 1.29 is 13.2 Å². The predicted octanol–water partition coefficient (Wildman–Crippen LogP) is 4.58. The molecule has 6 heteroatoms. The third-order valence-corrected chi connectivity index (χ3v) is 7.19. The average molecular weight is 429 g/mol. The van der Waals surface area contributed by atoms with Crippen LogP contribution in [0.4, 0.5) is 5.69 Å². The summed E-state index contributed by atoms with van der Waals surface area (Å²) < 4.78 is 26.4. The fourth-order valence-electron chi connectivity index (χ4n) is 4.04. The molecule has 1 aliphatic rings. The summed E-state index contributed by atoms with van der Waals surface area (Å²) in [4.78, 5) is 12.5. The molecule has 0 aliphatic heterocycles. The smallest absolute Gasteiger partial charge is 0.251 e. The van der Waals surface area contributed by atoms with E-state index < -0.39 is 10.0 Å². The number of amides is 1. The molecule has 0 atom stereocenters. The van der Waals surface area contributed by atoms with Crippen molar-refractivity contribution in [2.75, 3.05) is 17.1 Å². The summed E-state index contributed by atoms with van der Waals surface area (Å²) in [5, 5.41) is 3.05. The first kappa shape index (κ1) is 22.3. The second-order valence-corrected chi connectivity index (χ2v) is 10.3. The van der Waals surface area contributed by atoms with E-state index in [0.717, 1.165) is 23.2 Å². The van der Waals surface area contributed by atoms with Gasteiger partial charge in [-0.15, -0.1) is 0 Å². The van der Waals surface area contributed by atoms with Crippen molar-refractivity contribution in [1.82, 2.24) is 5.32 Å². The minimum absolute atomic E-state index is 0.0679. The summed E-state index contributed by atoms with van der Waals surface area (Å²) in [7, 11) is -3.45. The van der Waals surface area contributed by atoms with Crippen LogP contribution in [0.1, 0.15) is 59.2 Å². The maximum atomic E-state index is 12.5. The summed E-state index contributed by atoms with van der Waals surface area (Å²) in [6.45, 7) is 4.87. The summed E-state index contributed by atoms with van der Waals surface area (Å²) in [6.07, 6.45) is 7.43. The largest absolute Gasteiger partial charge is 0.352 e. The molecule has 0 unspecified atom stereocenters. The minimum Gasteiger partial charge on any atom is -0.352 e. The first-order valence-corrected chi connectivity index (χ1v) is 12.5. The number of carbonyl (C=O) groups is 1. The van der Waals surface area contributed by atoms with Crippen molar-refractivity contribution >= 4 is 21.6 Å². The minimum atomic E-state index is -3.45. The van der Waals surface area contributed by atoms with Crippen LogP contribution in [0.25, 0.3) is 0 Å². The molecule has 0 radical (unpaired) electrons. The molecule has 2 aromatic carbocycles. The van der Waals surface area contributed by atoms with Crippen LogP contribution in [0.15, 0.2) is 42.5 Å². The third-order valence-electron chi connectivity index (χ3n) is 6.06. The maximum Gasteiger partial charge on any atom is 0.251 e. The van der Waals surface area contributed by atoms with Gasteiger partial charge in [-0.3, -0.25) is 9.10 Å². The Morgan fingerprint density at radius 2 is 1.70 bits per heavy atom. The van der Waals surface area contributed by atoms with E-state index in [-0.39, 0.29) is 12.5 Å². The number of aryl methyl sites for hydroxylation is 1. The van der Waals surface area contributed by atoms with Crippen molar-refractivity contribution in [2.24, 2.45) is 5.92 Å². The van der Waals surface area contributed by atoms with Gasteiger partial charge in [-0.05, 0) is 67.5 Å². The van der Waals surface area contributed by atoms with Gasteiger partial charge in [-0.1, -0.05) is 43.5 Å². The van der Waals surface area contributed by atoms with Gasteiger partial charge in [0.15, 0.2) is 0 Å². The van der Waals surface area contributed by atoms with Gasteiger partial charge >= 0.3 is 0 Å². The van der Waals surface area contributed by atoms with Crippen LogP contribution in [0.3, 0.4) is 0 Å². The van der Waals surface area contributed by atoms with E-state index in [9.17, 15) is 13.2 Å². The third kappa shape index (κ3) is 5.63. The quantitative estimate of drug-likeness (QED) is 0.702. The fraction of sp³-hybridized carbons (Fsp3) is 0.458. The second kappa shape index (κ2) is 9.65. The number of carbonyl (C=O) groups excluding carboxylic acids is 1. The van der Waals surface area contributed by atoms with Crippen molar-refractivity contribution in [3.05, 3.63) is 64.7 Å². The standard InChI is InChI=1S/C24H32N2O3S/c1-18-8-7-11-23(19(18)2)26(30(3,28)29)17-21-12-14-22(15-13-21)24(27)25-16-20-9-5-4-6-10-20/h7-8,11-15,20H,4-6,9-10,16-17H2,1-3H3,(H,25,27). The number of benzene rings is 2. The van der Waals surface area contributed by atoms with Crippen molar-refractivity contribution in [3.8, 4) is 0 Å². The maximum absolute atomic E-state index is 12.5. The predicted molar refractivity (Wildman–Crippen MR) is 122 cm³/mol. The topological polar surface area (TPSA) is 66.5 Å². The van der Waals surface area contributed by atoms with Crippen LogP contribution < -0.4 is 9.62 Å². The molecule has 1 N–H and O–H groups in total. The van der Waals surface area contributed by atoms with Gasteiger partial charge in [-0.25, -0.2) is 8.42 Å². The summed E-state index contributed by atoms with van der Waals surface area (Å²) in [6, 6.07) is 12.9. The van der Waals surface area contributed by atoms with Crippen LogP contribution in [0.5, 0.6) is 0 Å². The monoisotopic (exact) mass is 428 g/mol. The number of nitrogens with one attached hydrogen (secondary N) is 1. The van der Waals surface area contributed by atoms with E-state index in [1.54, 1.807) is 12.1 Å². The van der Waals surface area contributed by atoms with Gasteiger partial charge in [0, 0.05) is 12.1 Å². The molecule has 30 heavy (non-hydrogen) atoms. The van der Waals surface area contributed by atoms with Crippen molar-refractivity contribution in [1.29, 1.82) is 0 Å². The van der Waals surface area contributed by atoms with Crippen LogP contribution >= 0.6 is 0 Å². The number of hydrogen-bond acceptors (Lipinski definition) is 3. The number of anilines is 1. The first-order valence-electron chi connectivity index (χ1n) is 10.7. The molecular formula is C24H32N2O3S. The van der Waals surface area contributed by atoms with E-state index in [2.05, 4.69) is 5.32 Å².